The number of hydrogen-bond donors (Lipinski definition) is 0. The summed E-state index contributed by atoms with van der Waals surface area (Å²) in [6.07, 6.45) is 5.75. The summed E-state index contributed by atoms with van der Waals surface area (Å²) in [5.41, 5.74) is 1.44. The third-order valence-corrected chi connectivity index (χ3v) is 8.66. The number of thiophene rings is 1. The lowest BCUT2D eigenvalue weighted by Crippen LogP contribution is -2.48. The number of hydrogen-bond acceptors (Lipinski definition) is 6. The van der Waals surface area contributed by atoms with Crippen LogP contribution in [0.4, 0.5) is 5.82 Å². The molecule has 1 fully saturated rings. The zero-order chi connectivity index (χ0) is 20.1. The van der Waals surface area contributed by atoms with Crippen molar-refractivity contribution in [3.63, 3.8) is 0 Å². The molecule has 0 unspecified atom stereocenters. The van der Waals surface area contributed by atoms with Crippen LogP contribution in [-0.4, -0.2) is 55.1 Å². The van der Waals surface area contributed by atoms with E-state index in [4.69, 9.17) is 9.97 Å². The van der Waals surface area contributed by atoms with Crippen LogP contribution < -0.4 is 4.90 Å². The van der Waals surface area contributed by atoms with Crippen molar-refractivity contribution in [2.24, 2.45) is 5.92 Å². The highest BCUT2D eigenvalue weighted by Gasteiger charge is 2.29. The predicted octanol–water partition coefficient (Wildman–Crippen LogP) is 3.41. The van der Waals surface area contributed by atoms with Crippen LogP contribution in [0.15, 0.2) is 0 Å². The molecule has 0 N–H and O–H groups in total. The maximum absolute atomic E-state index is 11.9. The molecule has 0 radical (unpaired) electrons. The first-order chi connectivity index (χ1) is 13.3. The maximum Gasteiger partial charge on any atom is 0.211 e. The van der Waals surface area contributed by atoms with Gasteiger partial charge in [-0.15, -0.1) is 11.3 Å². The van der Waals surface area contributed by atoms with Crippen molar-refractivity contribution in [3.05, 3.63) is 16.3 Å². The monoisotopic (exact) mass is 422 g/mol. The number of sulfonamides is 1. The van der Waals surface area contributed by atoms with Gasteiger partial charge in [-0.3, -0.25) is 0 Å². The number of rotatable bonds is 4. The molecule has 28 heavy (non-hydrogen) atoms. The highest BCUT2D eigenvalue weighted by molar-refractivity contribution is 7.88. The smallest absolute Gasteiger partial charge is 0.211 e. The molecule has 2 atom stereocenters. The second-order valence-corrected chi connectivity index (χ2v) is 11.5. The molecule has 1 aliphatic heterocycles. The number of aromatic nitrogens is 2. The van der Waals surface area contributed by atoms with Crippen molar-refractivity contribution >= 4 is 37.4 Å². The molecule has 0 amide bonds. The lowest BCUT2D eigenvalue weighted by atomic mass is 9.89. The van der Waals surface area contributed by atoms with Crippen LogP contribution in [0.3, 0.4) is 0 Å². The fraction of sp³-hybridized carbons (Fsp3) is 0.700. The first-order valence-corrected chi connectivity index (χ1v) is 13.0. The fourth-order valence-corrected chi connectivity index (χ4v) is 6.41. The van der Waals surface area contributed by atoms with Crippen molar-refractivity contribution in [2.75, 3.05) is 37.3 Å². The van der Waals surface area contributed by atoms with Gasteiger partial charge < -0.3 is 4.90 Å². The van der Waals surface area contributed by atoms with Crippen LogP contribution in [0, 0.1) is 5.92 Å². The Balaban J connectivity index is 1.77. The van der Waals surface area contributed by atoms with E-state index in [2.05, 4.69) is 25.7 Å². The quantitative estimate of drug-likeness (QED) is 0.755. The summed E-state index contributed by atoms with van der Waals surface area (Å²) >= 11 is 1.84. The molecule has 1 saturated heterocycles. The standard InChI is InChI=1S/C20H30N4O2S2/c1-5-14(3)18-21-19(23-8-10-24(11-9-23)28(4,25)26)17-15-7-6-13(2)12-16(15)27-20(17)22-18/h13-14H,5-12H2,1-4H3/t13-,14-/m0/s1. The molecule has 2 aromatic rings. The van der Waals surface area contributed by atoms with Crippen molar-refractivity contribution in [2.45, 2.75) is 52.4 Å². The van der Waals surface area contributed by atoms with Gasteiger partial charge >= 0.3 is 0 Å². The number of anilines is 1. The van der Waals surface area contributed by atoms with Crippen LogP contribution in [0.1, 0.15) is 55.8 Å². The van der Waals surface area contributed by atoms with Crippen molar-refractivity contribution in [3.8, 4) is 0 Å². The Hall–Kier alpha value is -1.25. The van der Waals surface area contributed by atoms with E-state index in [1.165, 1.54) is 28.5 Å². The summed E-state index contributed by atoms with van der Waals surface area (Å²) in [6.45, 7) is 9.08. The van der Waals surface area contributed by atoms with Gasteiger partial charge in [0, 0.05) is 37.0 Å². The topological polar surface area (TPSA) is 66.4 Å². The largest absolute Gasteiger partial charge is 0.353 e. The van der Waals surface area contributed by atoms with Gasteiger partial charge in [-0.1, -0.05) is 20.8 Å². The third kappa shape index (κ3) is 3.66. The Kier molecular flexibility index (Phi) is 5.39. The van der Waals surface area contributed by atoms with Crippen molar-refractivity contribution in [1.82, 2.24) is 14.3 Å². The van der Waals surface area contributed by atoms with E-state index in [-0.39, 0.29) is 0 Å². The van der Waals surface area contributed by atoms with Gasteiger partial charge in [0.2, 0.25) is 10.0 Å². The van der Waals surface area contributed by atoms with Crippen LogP contribution >= 0.6 is 11.3 Å². The molecule has 0 spiro atoms. The Bertz CT molecular complexity index is 978. The summed E-state index contributed by atoms with van der Waals surface area (Å²) in [5.74, 6) is 2.99. The van der Waals surface area contributed by atoms with Gasteiger partial charge in [-0.2, -0.15) is 4.31 Å². The van der Waals surface area contributed by atoms with E-state index in [1.54, 1.807) is 4.31 Å². The first-order valence-electron chi connectivity index (χ1n) is 10.3. The minimum atomic E-state index is -3.13. The average molecular weight is 423 g/mol. The molecule has 0 saturated carbocycles. The Morgan fingerprint density at radius 1 is 1.21 bits per heavy atom. The first kappa shape index (κ1) is 20.0. The van der Waals surface area contributed by atoms with E-state index in [0.717, 1.165) is 41.7 Å². The fourth-order valence-electron chi connectivity index (χ4n) is 4.20. The van der Waals surface area contributed by atoms with Crippen LogP contribution in [0.2, 0.25) is 0 Å². The van der Waals surface area contributed by atoms with E-state index >= 15 is 0 Å². The second kappa shape index (κ2) is 7.54. The number of piperazine rings is 1. The molecular weight excluding hydrogens is 392 g/mol. The number of nitrogens with zero attached hydrogens (tertiary/aromatic N) is 4. The molecule has 154 valence electrons. The molecule has 2 aliphatic rings. The van der Waals surface area contributed by atoms with Gasteiger partial charge in [-0.25, -0.2) is 18.4 Å². The second-order valence-electron chi connectivity index (χ2n) is 8.40. The number of aryl methyl sites for hydroxylation is 1. The van der Waals surface area contributed by atoms with Crippen molar-refractivity contribution < 1.29 is 8.42 Å². The highest BCUT2D eigenvalue weighted by Crippen LogP contribution is 2.41. The Morgan fingerprint density at radius 3 is 2.57 bits per heavy atom. The highest BCUT2D eigenvalue weighted by atomic mass is 32.2. The SMILES string of the molecule is CC[C@H](C)c1nc(N2CCN(S(C)(=O)=O)CC2)c2c3c(sc2n1)C[C@@H](C)CC3. The number of fused-ring (bicyclic) bond motifs is 3. The van der Waals surface area contributed by atoms with Crippen LogP contribution in [0.25, 0.3) is 10.2 Å². The van der Waals surface area contributed by atoms with Gasteiger partial charge in [0.1, 0.15) is 16.5 Å². The molecule has 6 nitrogen and oxygen atoms in total. The van der Waals surface area contributed by atoms with Gasteiger partial charge in [-0.05, 0) is 37.2 Å². The molecule has 0 aromatic carbocycles. The van der Waals surface area contributed by atoms with E-state index in [0.29, 0.717) is 32.1 Å². The lowest BCUT2D eigenvalue weighted by molar-refractivity contribution is 0.387. The van der Waals surface area contributed by atoms with Gasteiger partial charge in [0.15, 0.2) is 0 Å². The van der Waals surface area contributed by atoms with Gasteiger partial charge in [0.05, 0.1) is 11.6 Å². The maximum atomic E-state index is 11.9. The van der Waals surface area contributed by atoms with E-state index < -0.39 is 10.0 Å². The van der Waals surface area contributed by atoms with E-state index in [9.17, 15) is 8.42 Å². The molecule has 4 rings (SSSR count). The summed E-state index contributed by atoms with van der Waals surface area (Å²) in [4.78, 5) is 14.9. The van der Waals surface area contributed by atoms with E-state index in [1.807, 2.05) is 11.3 Å². The molecule has 8 heteroatoms. The third-order valence-electron chi connectivity index (χ3n) is 6.21. The summed E-state index contributed by atoms with van der Waals surface area (Å²) in [5, 5.41) is 1.23. The molecule has 2 aromatic heterocycles. The summed E-state index contributed by atoms with van der Waals surface area (Å²) in [6, 6.07) is 0. The molecule has 0 bridgehead atoms. The van der Waals surface area contributed by atoms with Crippen LogP contribution in [-0.2, 0) is 22.9 Å². The zero-order valence-corrected chi connectivity index (χ0v) is 18.9. The van der Waals surface area contributed by atoms with Crippen molar-refractivity contribution in [1.29, 1.82) is 0 Å². The Labute approximate surface area is 172 Å². The normalized spacial score (nSPS) is 22.4. The average Bonchev–Trinajstić information content (AvgIpc) is 3.03. The lowest BCUT2D eigenvalue weighted by Gasteiger charge is -2.34. The minimum absolute atomic E-state index is 0.318. The Morgan fingerprint density at radius 2 is 1.93 bits per heavy atom. The predicted molar refractivity (Wildman–Crippen MR) is 116 cm³/mol. The summed E-state index contributed by atoms with van der Waals surface area (Å²) < 4.78 is 25.3. The zero-order valence-electron chi connectivity index (χ0n) is 17.2. The summed E-state index contributed by atoms with van der Waals surface area (Å²) in [7, 11) is -3.13. The molecule has 1 aliphatic carbocycles. The molecular formula is C20H30N4O2S2. The molecule has 3 heterocycles. The van der Waals surface area contributed by atoms with Crippen LogP contribution in [0.5, 0.6) is 0 Å². The van der Waals surface area contributed by atoms with Gasteiger partial charge in [0.25, 0.3) is 0 Å². The minimum Gasteiger partial charge on any atom is -0.353 e.